The maximum Gasteiger partial charge on any atom is 0.421 e. The number of rotatable bonds is 7. The molecule has 7 heteroatoms. The first-order valence-corrected chi connectivity index (χ1v) is 9.39. The highest BCUT2D eigenvalue weighted by Crippen LogP contribution is 2.38. The minimum absolute atomic E-state index is 0.0968. The Bertz CT molecular complexity index is 928. The van der Waals surface area contributed by atoms with Crippen molar-refractivity contribution in [3.63, 3.8) is 0 Å². The van der Waals surface area contributed by atoms with Crippen molar-refractivity contribution in [2.24, 2.45) is 0 Å². The number of benzene rings is 2. The van der Waals surface area contributed by atoms with E-state index >= 15 is 0 Å². The number of anilines is 2. The second kappa shape index (κ2) is 8.94. The van der Waals surface area contributed by atoms with Crippen LogP contribution < -0.4 is 9.64 Å². The van der Waals surface area contributed by atoms with Gasteiger partial charge in [-0.2, -0.15) is 18.2 Å². The molecule has 0 bridgehead atoms. The van der Waals surface area contributed by atoms with E-state index < -0.39 is 11.7 Å². The van der Waals surface area contributed by atoms with Crippen LogP contribution in [0.1, 0.15) is 30.5 Å². The van der Waals surface area contributed by atoms with E-state index in [-0.39, 0.29) is 18.4 Å². The van der Waals surface area contributed by atoms with Crippen molar-refractivity contribution in [2.75, 3.05) is 11.4 Å². The SMILES string of the molecule is CCc1ccc(N(CC)c2nc(OCc3ccccc3)ncc2C(F)(F)F)cc1. The predicted molar refractivity (Wildman–Crippen MR) is 106 cm³/mol. The van der Waals surface area contributed by atoms with E-state index in [4.69, 9.17) is 4.74 Å². The van der Waals surface area contributed by atoms with E-state index in [9.17, 15) is 13.2 Å². The Morgan fingerprint density at radius 1 is 0.931 bits per heavy atom. The maximum atomic E-state index is 13.6. The summed E-state index contributed by atoms with van der Waals surface area (Å²) < 4.78 is 46.4. The van der Waals surface area contributed by atoms with E-state index in [0.29, 0.717) is 12.2 Å². The van der Waals surface area contributed by atoms with Gasteiger partial charge in [0.1, 0.15) is 12.2 Å². The van der Waals surface area contributed by atoms with Gasteiger partial charge in [-0.15, -0.1) is 0 Å². The minimum Gasteiger partial charge on any atom is -0.459 e. The highest BCUT2D eigenvalue weighted by Gasteiger charge is 2.37. The molecule has 0 fully saturated rings. The molecule has 0 radical (unpaired) electrons. The van der Waals surface area contributed by atoms with Gasteiger partial charge in [0.2, 0.25) is 0 Å². The van der Waals surface area contributed by atoms with Crippen LogP contribution in [0.5, 0.6) is 6.01 Å². The number of hydrogen-bond acceptors (Lipinski definition) is 4. The number of ether oxygens (including phenoxy) is 1. The molecule has 1 heterocycles. The number of hydrogen-bond donors (Lipinski definition) is 0. The monoisotopic (exact) mass is 401 g/mol. The molecule has 0 unspecified atom stereocenters. The summed E-state index contributed by atoms with van der Waals surface area (Å²) in [5.74, 6) is -0.220. The number of aromatic nitrogens is 2. The predicted octanol–water partition coefficient (Wildman–Crippen LogP) is 5.79. The zero-order valence-electron chi connectivity index (χ0n) is 16.3. The van der Waals surface area contributed by atoms with Crippen molar-refractivity contribution >= 4 is 11.5 Å². The number of nitrogens with zero attached hydrogens (tertiary/aromatic N) is 3. The molecule has 2 aromatic carbocycles. The zero-order chi connectivity index (χ0) is 20.9. The first kappa shape index (κ1) is 20.6. The molecular formula is C22H22F3N3O. The van der Waals surface area contributed by atoms with Crippen molar-refractivity contribution in [1.82, 2.24) is 9.97 Å². The van der Waals surface area contributed by atoms with Gasteiger partial charge in [-0.1, -0.05) is 49.4 Å². The quantitative estimate of drug-likeness (QED) is 0.502. The molecule has 0 spiro atoms. The van der Waals surface area contributed by atoms with Crippen LogP contribution >= 0.6 is 0 Å². The van der Waals surface area contributed by atoms with Gasteiger partial charge in [0.25, 0.3) is 0 Å². The molecule has 0 saturated carbocycles. The van der Waals surface area contributed by atoms with Crippen molar-refractivity contribution in [2.45, 2.75) is 33.1 Å². The Morgan fingerprint density at radius 3 is 2.21 bits per heavy atom. The first-order chi connectivity index (χ1) is 13.9. The maximum absolute atomic E-state index is 13.6. The van der Waals surface area contributed by atoms with Crippen LogP contribution in [-0.4, -0.2) is 16.5 Å². The fourth-order valence-electron chi connectivity index (χ4n) is 2.92. The Balaban J connectivity index is 1.95. The molecule has 3 rings (SSSR count). The molecule has 0 atom stereocenters. The molecule has 0 N–H and O–H groups in total. The molecule has 3 aromatic rings. The summed E-state index contributed by atoms with van der Waals surface area (Å²) in [6.45, 7) is 4.28. The van der Waals surface area contributed by atoms with E-state index in [1.54, 1.807) is 19.1 Å². The van der Waals surface area contributed by atoms with Gasteiger partial charge in [-0.05, 0) is 36.6 Å². The Morgan fingerprint density at radius 2 is 1.62 bits per heavy atom. The minimum atomic E-state index is -4.58. The third-order valence-corrected chi connectivity index (χ3v) is 4.49. The van der Waals surface area contributed by atoms with Crippen molar-refractivity contribution < 1.29 is 17.9 Å². The summed E-state index contributed by atoms with van der Waals surface area (Å²) in [5.41, 5.74) is 1.71. The lowest BCUT2D eigenvalue weighted by Crippen LogP contribution is -2.23. The van der Waals surface area contributed by atoms with Crippen LogP contribution in [0.2, 0.25) is 0 Å². The number of aryl methyl sites for hydroxylation is 1. The smallest absolute Gasteiger partial charge is 0.421 e. The van der Waals surface area contributed by atoms with E-state index in [1.165, 1.54) is 4.90 Å². The zero-order valence-corrected chi connectivity index (χ0v) is 16.3. The molecule has 0 saturated heterocycles. The van der Waals surface area contributed by atoms with Crippen molar-refractivity contribution in [1.29, 1.82) is 0 Å². The summed E-state index contributed by atoms with van der Waals surface area (Å²) in [6, 6.07) is 16.6. The van der Waals surface area contributed by atoms with Gasteiger partial charge in [-0.3, -0.25) is 0 Å². The summed E-state index contributed by atoms with van der Waals surface area (Å²) in [5, 5.41) is 0. The van der Waals surface area contributed by atoms with Crippen molar-refractivity contribution in [3.05, 3.63) is 77.5 Å². The molecule has 0 aliphatic rings. The van der Waals surface area contributed by atoms with E-state index in [1.807, 2.05) is 49.4 Å². The van der Waals surface area contributed by atoms with Gasteiger partial charge in [-0.25, -0.2) is 4.98 Å². The molecule has 29 heavy (non-hydrogen) atoms. The number of alkyl halides is 3. The van der Waals surface area contributed by atoms with E-state index in [2.05, 4.69) is 9.97 Å². The average Bonchev–Trinajstić information content (AvgIpc) is 2.73. The average molecular weight is 401 g/mol. The lowest BCUT2D eigenvalue weighted by atomic mass is 10.1. The fraction of sp³-hybridized carbons (Fsp3) is 0.273. The second-order valence-electron chi connectivity index (χ2n) is 6.43. The standard InChI is InChI=1S/C22H22F3N3O/c1-3-16-10-12-18(13-11-16)28(4-2)20-19(22(23,24)25)14-26-21(27-20)29-15-17-8-6-5-7-9-17/h5-14H,3-4,15H2,1-2H3. The summed E-state index contributed by atoms with van der Waals surface area (Å²) >= 11 is 0. The third-order valence-electron chi connectivity index (χ3n) is 4.49. The van der Waals surface area contributed by atoms with Gasteiger partial charge in [0, 0.05) is 18.4 Å². The van der Waals surface area contributed by atoms with Gasteiger partial charge in [0.05, 0.1) is 0 Å². The summed E-state index contributed by atoms with van der Waals surface area (Å²) in [4.78, 5) is 9.41. The van der Waals surface area contributed by atoms with Crippen LogP contribution in [0, 0.1) is 0 Å². The summed E-state index contributed by atoms with van der Waals surface area (Å²) in [7, 11) is 0. The molecule has 0 amide bonds. The van der Waals surface area contributed by atoms with Crippen molar-refractivity contribution in [3.8, 4) is 6.01 Å². The normalized spacial score (nSPS) is 11.3. The molecule has 4 nitrogen and oxygen atoms in total. The summed E-state index contributed by atoms with van der Waals surface area (Å²) in [6.07, 6.45) is -2.94. The second-order valence-corrected chi connectivity index (χ2v) is 6.43. The van der Waals surface area contributed by atoms with Crippen LogP contribution in [0.25, 0.3) is 0 Å². The van der Waals surface area contributed by atoms with Gasteiger partial charge in [0.15, 0.2) is 5.82 Å². The van der Waals surface area contributed by atoms with Crippen LogP contribution in [0.3, 0.4) is 0 Å². The Labute approximate surface area is 168 Å². The fourth-order valence-corrected chi connectivity index (χ4v) is 2.92. The Kier molecular flexibility index (Phi) is 6.36. The number of halogens is 3. The van der Waals surface area contributed by atoms with Gasteiger partial charge < -0.3 is 9.64 Å². The molecule has 0 aliphatic heterocycles. The first-order valence-electron chi connectivity index (χ1n) is 9.39. The highest BCUT2D eigenvalue weighted by atomic mass is 19.4. The molecular weight excluding hydrogens is 379 g/mol. The topological polar surface area (TPSA) is 38.2 Å². The highest BCUT2D eigenvalue weighted by molar-refractivity contribution is 5.63. The molecule has 152 valence electrons. The van der Waals surface area contributed by atoms with Crippen LogP contribution in [0.4, 0.5) is 24.7 Å². The van der Waals surface area contributed by atoms with E-state index in [0.717, 1.165) is 23.7 Å². The van der Waals surface area contributed by atoms with Crippen LogP contribution in [0.15, 0.2) is 60.8 Å². The molecule has 1 aromatic heterocycles. The largest absolute Gasteiger partial charge is 0.459 e. The van der Waals surface area contributed by atoms with Crippen LogP contribution in [-0.2, 0) is 19.2 Å². The lowest BCUT2D eigenvalue weighted by Gasteiger charge is -2.25. The Hall–Kier alpha value is -3.09. The third kappa shape index (κ3) is 5.04. The molecule has 0 aliphatic carbocycles. The lowest BCUT2D eigenvalue weighted by molar-refractivity contribution is -0.137. The van der Waals surface area contributed by atoms with Gasteiger partial charge >= 0.3 is 12.2 Å².